The van der Waals surface area contributed by atoms with Crippen molar-refractivity contribution in [3.63, 3.8) is 0 Å². The molecular weight excluding hydrogens is 234 g/mol. The Hall–Kier alpha value is -1.24. The molecule has 2 unspecified atom stereocenters. The number of nitrogens with zero attached hydrogens (tertiary/aromatic N) is 2. The van der Waals surface area contributed by atoms with Crippen LogP contribution >= 0.6 is 11.6 Å². The smallest absolute Gasteiger partial charge is 0.101 e. The summed E-state index contributed by atoms with van der Waals surface area (Å²) in [5.41, 5.74) is 1.64. The lowest BCUT2D eigenvalue weighted by molar-refractivity contribution is 0.407. The van der Waals surface area contributed by atoms with Gasteiger partial charge in [0.1, 0.15) is 6.07 Å². The van der Waals surface area contributed by atoms with Gasteiger partial charge in [-0.1, -0.05) is 11.6 Å². The first-order valence-corrected chi connectivity index (χ1v) is 6.18. The molecule has 0 saturated carbocycles. The van der Waals surface area contributed by atoms with Crippen LogP contribution in [0.1, 0.15) is 19.4 Å². The van der Waals surface area contributed by atoms with Crippen LogP contribution in [0.2, 0.25) is 5.02 Å². The van der Waals surface area contributed by atoms with Gasteiger partial charge >= 0.3 is 0 Å². The van der Waals surface area contributed by atoms with Gasteiger partial charge in [-0.15, -0.1) is 0 Å². The molecule has 2 rings (SSSR count). The third-order valence-electron chi connectivity index (χ3n) is 2.98. The van der Waals surface area contributed by atoms with E-state index in [2.05, 4.69) is 30.1 Å². The summed E-state index contributed by atoms with van der Waals surface area (Å²) in [6.45, 7) is 6.15. The molecule has 90 valence electrons. The van der Waals surface area contributed by atoms with Crippen LogP contribution in [-0.4, -0.2) is 25.2 Å². The Labute approximate surface area is 107 Å². The van der Waals surface area contributed by atoms with Gasteiger partial charge in [0.25, 0.3) is 0 Å². The van der Waals surface area contributed by atoms with Gasteiger partial charge in [0.05, 0.1) is 11.3 Å². The second-order valence-electron chi connectivity index (χ2n) is 4.65. The summed E-state index contributed by atoms with van der Waals surface area (Å²) in [6, 6.07) is 8.59. The lowest BCUT2D eigenvalue weighted by Crippen LogP contribution is -2.54. The van der Waals surface area contributed by atoms with Gasteiger partial charge in [-0.3, -0.25) is 0 Å². The molecule has 0 radical (unpaired) electrons. The highest BCUT2D eigenvalue weighted by atomic mass is 35.5. The summed E-state index contributed by atoms with van der Waals surface area (Å²) in [7, 11) is 0. The average molecular weight is 250 g/mol. The number of anilines is 1. The average Bonchev–Trinajstić information content (AvgIpc) is 2.27. The Bertz CT molecular complexity index is 442. The van der Waals surface area contributed by atoms with Gasteiger partial charge in [0, 0.05) is 30.2 Å². The number of hydrogen-bond donors (Lipinski definition) is 1. The van der Waals surface area contributed by atoms with E-state index in [0.29, 0.717) is 22.7 Å². The number of benzene rings is 1. The third kappa shape index (κ3) is 2.71. The molecule has 1 N–H and O–H groups in total. The number of rotatable bonds is 1. The minimum Gasteiger partial charge on any atom is -0.367 e. The van der Waals surface area contributed by atoms with Crippen LogP contribution in [0.25, 0.3) is 0 Å². The molecule has 1 aliphatic heterocycles. The van der Waals surface area contributed by atoms with E-state index in [1.165, 1.54) is 0 Å². The van der Waals surface area contributed by atoms with Crippen LogP contribution < -0.4 is 10.2 Å². The summed E-state index contributed by atoms with van der Waals surface area (Å²) in [5.74, 6) is 0. The van der Waals surface area contributed by atoms with E-state index in [9.17, 15) is 0 Å². The first-order chi connectivity index (χ1) is 8.10. The Kier molecular flexibility index (Phi) is 3.56. The van der Waals surface area contributed by atoms with Crippen molar-refractivity contribution in [2.24, 2.45) is 0 Å². The lowest BCUT2D eigenvalue weighted by atomic mass is 10.1. The minimum atomic E-state index is 0.431. The third-order valence-corrected chi connectivity index (χ3v) is 3.21. The fourth-order valence-electron chi connectivity index (χ4n) is 2.40. The van der Waals surface area contributed by atoms with Crippen molar-refractivity contribution in [2.75, 3.05) is 18.0 Å². The number of hydrogen-bond acceptors (Lipinski definition) is 3. The summed E-state index contributed by atoms with van der Waals surface area (Å²) in [5, 5.41) is 13.2. The van der Waals surface area contributed by atoms with Gasteiger partial charge < -0.3 is 10.2 Å². The summed E-state index contributed by atoms with van der Waals surface area (Å²) in [4.78, 5) is 2.25. The summed E-state index contributed by atoms with van der Waals surface area (Å²) in [6.07, 6.45) is 0. The molecule has 1 aliphatic rings. The van der Waals surface area contributed by atoms with E-state index >= 15 is 0 Å². The molecule has 1 saturated heterocycles. The predicted molar refractivity (Wildman–Crippen MR) is 70.4 cm³/mol. The van der Waals surface area contributed by atoms with E-state index in [-0.39, 0.29) is 0 Å². The second-order valence-corrected chi connectivity index (χ2v) is 5.08. The highest BCUT2D eigenvalue weighted by Gasteiger charge is 2.22. The quantitative estimate of drug-likeness (QED) is 0.831. The van der Waals surface area contributed by atoms with Crippen LogP contribution in [0.3, 0.4) is 0 Å². The fraction of sp³-hybridized carbons (Fsp3) is 0.462. The van der Waals surface area contributed by atoms with Gasteiger partial charge in [-0.25, -0.2) is 0 Å². The van der Waals surface area contributed by atoms with Crippen molar-refractivity contribution < 1.29 is 0 Å². The zero-order valence-corrected chi connectivity index (χ0v) is 10.8. The second kappa shape index (κ2) is 4.95. The molecule has 2 atom stereocenters. The zero-order valence-electron chi connectivity index (χ0n) is 10.1. The molecule has 0 aliphatic carbocycles. The first-order valence-electron chi connectivity index (χ1n) is 5.81. The molecule has 0 bridgehead atoms. The number of nitrogens with one attached hydrogen (secondary N) is 1. The highest BCUT2D eigenvalue weighted by molar-refractivity contribution is 6.30. The van der Waals surface area contributed by atoms with Gasteiger partial charge in [0.15, 0.2) is 0 Å². The molecule has 1 aromatic carbocycles. The van der Waals surface area contributed by atoms with E-state index < -0.39 is 0 Å². The van der Waals surface area contributed by atoms with Crippen molar-refractivity contribution >= 4 is 17.3 Å². The van der Waals surface area contributed by atoms with E-state index in [1.54, 1.807) is 6.07 Å². The predicted octanol–water partition coefficient (Wildman–Crippen LogP) is 2.40. The van der Waals surface area contributed by atoms with Crippen molar-refractivity contribution in [3.05, 3.63) is 28.8 Å². The molecule has 4 heteroatoms. The Morgan fingerprint density at radius 2 is 2.00 bits per heavy atom. The highest BCUT2D eigenvalue weighted by Crippen LogP contribution is 2.25. The maximum absolute atomic E-state index is 9.15. The van der Waals surface area contributed by atoms with E-state index in [4.69, 9.17) is 16.9 Å². The summed E-state index contributed by atoms with van der Waals surface area (Å²) < 4.78 is 0. The van der Waals surface area contributed by atoms with Crippen LogP contribution in [0.15, 0.2) is 18.2 Å². The number of piperazine rings is 1. The van der Waals surface area contributed by atoms with Crippen molar-refractivity contribution in [3.8, 4) is 6.07 Å². The molecular formula is C13H16ClN3. The largest absolute Gasteiger partial charge is 0.367 e. The standard InChI is InChI=1S/C13H16ClN3/c1-9-7-17(8-10(2)16-9)13-4-3-12(14)5-11(13)6-15/h3-5,9-10,16H,7-8H2,1-2H3. The Balaban J connectivity index is 2.30. The SMILES string of the molecule is CC1CN(c2ccc(Cl)cc2C#N)CC(C)N1. The molecule has 3 nitrogen and oxygen atoms in total. The molecule has 0 spiro atoms. The molecule has 0 aromatic heterocycles. The van der Waals surface area contributed by atoms with Crippen LogP contribution in [0.4, 0.5) is 5.69 Å². The molecule has 1 fully saturated rings. The molecule has 0 amide bonds. The molecule has 1 aromatic rings. The van der Waals surface area contributed by atoms with E-state index in [0.717, 1.165) is 18.8 Å². The topological polar surface area (TPSA) is 39.1 Å². The van der Waals surface area contributed by atoms with Crippen LogP contribution in [0.5, 0.6) is 0 Å². The minimum absolute atomic E-state index is 0.431. The van der Waals surface area contributed by atoms with Crippen LogP contribution in [0, 0.1) is 11.3 Å². The molecule has 1 heterocycles. The van der Waals surface area contributed by atoms with Gasteiger partial charge in [-0.05, 0) is 32.0 Å². The van der Waals surface area contributed by atoms with Crippen molar-refractivity contribution in [1.82, 2.24) is 5.32 Å². The maximum atomic E-state index is 9.15. The van der Waals surface area contributed by atoms with Crippen molar-refractivity contribution in [1.29, 1.82) is 5.26 Å². The zero-order chi connectivity index (χ0) is 12.4. The lowest BCUT2D eigenvalue weighted by Gasteiger charge is -2.38. The van der Waals surface area contributed by atoms with Crippen molar-refractivity contribution in [2.45, 2.75) is 25.9 Å². The number of nitriles is 1. The maximum Gasteiger partial charge on any atom is 0.101 e. The van der Waals surface area contributed by atoms with Crippen LogP contribution in [-0.2, 0) is 0 Å². The number of halogens is 1. The van der Waals surface area contributed by atoms with Gasteiger partial charge in [0.2, 0.25) is 0 Å². The monoisotopic (exact) mass is 249 g/mol. The van der Waals surface area contributed by atoms with Gasteiger partial charge in [-0.2, -0.15) is 5.26 Å². The fourth-order valence-corrected chi connectivity index (χ4v) is 2.57. The van der Waals surface area contributed by atoms with E-state index in [1.807, 2.05) is 12.1 Å². The normalized spacial score (nSPS) is 24.5. The Morgan fingerprint density at radius 1 is 1.35 bits per heavy atom. The first kappa shape index (κ1) is 12.2. The Morgan fingerprint density at radius 3 is 2.59 bits per heavy atom. The summed E-state index contributed by atoms with van der Waals surface area (Å²) >= 11 is 5.91. The molecule has 17 heavy (non-hydrogen) atoms.